The van der Waals surface area contributed by atoms with E-state index >= 15 is 0 Å². The van der Waals surface area contributed by atoms with Gasteiger partial charge in [0.2, 0.25) is 5.91 Å². The van der Waals surface area contributed by atoms with Crippen molar-refractivity contribution >= 4 is 34.3 Å². The Morgan fingerprint density at radius 3 is 2.27 bits per heavy atom. The average molecular weight is 542 g/mol. The molecule has 0 aliphatic rings. The Kier molecular flexibility index (Phi) is 8.70. The summed E-state index contributed by atoms with van der Waals surface area (Å²) in [6, 6.07) is 17.6. The predicted octanol–water partition coefficient (Wildman–Crippen LogP) is 5.09. The van der Waals surface area contributed by atoms with E-state index in [1.165, 1.54) is 0 Å². The number of anilines is 1. The highest BCUT2D eigenvalue weighted by Crippen LogP contribution is 2.41. The fourth-order valence-electron chi connectivity index (χ4n) is 4.83. The molecule has 1 aromatic heterocycles. The lowest BCUT2D eigenvalue weighted by Gasteiger charge is -2.24. The van der Waals surface area contributed by atoms with Crippen LogP contribution in [0.15, 0.2) is 65.1 Å². The van der Waals surface area contributed by atoms with Gasteiger partial charge in [-0.1, -0.05) is 48.9 Å². The molecule has 40 heavy (non-hydrogen) atoms. The minimum atomic E-state index is -1.19. The zero-order chi connectivity index (χ0) is 29.0. The molecule has 0 saturated carbocycles. The number of primary amides is 1. The number of aliphatic hydroxyl groups is 1. The summed E-state index contributed by atoms with van der Waals surface area (Å²) in [6.45, 7) is 8.84. The zero-order valence-corrected chi connectivity index (χ0v) is 23.3. The smallest absolute Gasteiger partial charge is 0.252 e. The van der Waals surface area contributed by atoms with Crippen LogP contribution in [0.25, 0.3) is 33.4 Å². The predicted molar refractivity (Wildman–Crippen MR) is 158 cm³/mol. The van der Waals surface area contributed by atoms with Crippen molar-refractivity contribution < 1.29 is 23.9 Å². The first-order valence-electron chi connectivity index (χ1n) is 13.5. The molecule has 208 valence electrons. The molecule has 0 spiro atoms. The summed E-state index contributed by atoms with van der Waals surface area (Å²) in [5, 5.41) is 12.6. The summed E-state index contributed by atoms with van der Waals surface area (Å²) >= 11 is 0. The first-order valence-corrected chi connectivity index (χ1v) is 13.5. The molecule has 0 bridgehead atoms. The van der Waals surface area contributed by atoms with E-state index in [1.54, 1.807) is 18.2 Å². The fraction of sp³-hybridized carbons (Fsp3) is 0.281. The van der Waals surface area contributed by atoms with Crippen LogP contribution in [0.5, 0.6) is 0 Å². The summed E-state index contributed by atoms with van der Waals surface area (Å²) in [4.78, 5) is 39.9. The molecule has 0 radical (unpaired) electrons. The largest absolute Gasteiger partial charge is 0.455 e. The third-order valence-corrected chi connectivity index (χ3v) is 7.09. The van der Waals surface area contributed by atoms with Gasteiger partial charge in [0.05, 0.1) is 12.2 Å². The summed E-state index contributed by atoms with van der Waals surface area (Å²) in [5.74, 6) is -0.833. The highest BCUT2D eigenvalue weighted by Gasteiger charge is 2.25. The number of amides is 2. The lowest BCUT2D eigenvalue weighted by Crippen LogP contribution is -2.46. The summed E-state index contributed by atoms with van der Waals surface area (Å²) in [6.07, 6.45) is 0.322. The molecule has 0 aliphatic heterocycles. The molecule has 8 heteroatoms. The molecule has 4 aromatic rings. The van der Waals surface area contributed by atoms with Gasteiger partial charge in [0.15, 0.2) is 5.78 Å². The van der Waals surface area contributed by atoms with Crippen molar-refractivity contribution in [2.45, 2.75) is 40.2 Å². The number of Topliss-reactive ketones (excluding diaryl/α,β-unsaturated/α-hetero) is 1. The minimum absolute atomic E-state index is 0.0227. The van der Waals surface area contributed by atoms with Crippen molar-refractivity contribution in [3.8, 4) is 22.5 Å². The van der Waals surface area contributed by atoms with Crippen LogP contribution in [-0.2, 0) is 4.79 Å². The van der Waals surface area contributed by atoms with Gasteiger partial charge in [-0.05, 0) is 44.5 Å². The lowest BCUT2D eigenvalue weighted by molar-refractivity contribution is -0.120. The third kappa shape index (κ3) is 5.62. The van der Waals surface area contributed by atoms with Crippen LogP contribution in [-0.4, -0.2) is 48.4 Å². The van der Waals surface area contributed by atoms with Crippen LogP contribution in [0.1, 0.15) is 53.5 Å². The van der Waals surface area contributed by atoms with Gasteiger partial charge >= 0.3 is 0 Å². The van der Waals surface area contributed by atoms with Gasteiger partial charge in [-0.15, -0.1) is 0 Å². The maximum absolute atomic E-state index is 13.3. The van der Waals surface area contributed by atoms with Crippen molar-refractivity contribution in [1.29, 1.82) is 0 Å². The quantitative estimate of drug-likeness (QED) is 0.227. The number of benzene rings is 3. The zero-order valence-electron chi connectivity index (χ0n) is 23.3. The van der Waals surface area contributed by atoms with Crippen molar-refractivity contribution in [3.63, 3.8) is 0 Å². The van der Waals surface area contributed by atoms with Gasteiger partial charge in [0, 0.05) is 53.3 Å². The van der Waals surface area contributed by atoms with E-state index in [4.69, 9.17) is 10.2 Å². The maximum atomic E-state index is 13.3. The molecule has 4 N–H and O–H groups in total. The van der Waals surface area contributed by atoms with E-state index in [2.05, 4.69) is 24.1 Å². The number of aryl methyl sites for hydroxylation is 1. The van der Waals surface area contributed by atoms with Crippen LogP contribution in [0.4, 0.5) is 5.69 Å². The van der Waals surface area contributed by atoms with Crippen LogP contribution >= 0.6 is 0 Å². The monoisotopic (exact) mass is 541 g/mol. The molecule has 1 atom stereocenters. The lowest BCUT2D eigenvalue weighted by atomic mass is 9.95. The SMILES string of the molecule is CCC(=O)c1c(-c2ccc(C)cc2)oc2cc(N(CC)CC)c(-c3cccc(C(=O)N[C@@H](CO)C(N)=O)c3)cc12. The number of ketones is 1. The number of hydrogen-bond donors (Lipinski definition) is 3. The van der Waals surface area contributed by atoms with Gasteiger partial charge in [0.1, 0.15) is 17.4 Å². The van der Waals surface area contributed by atoms with E-state index < -0.39 is 24.5 Å². The topological polar surface area (TPSA) is 126 Å². The Hall–Kier alpha value is -4.43. The molecule has 2 amide bonds. The first kappa shape index (κ1) is 28.6. The second-order valence-corrected chi connectivity index (χ2v) is 9.68. The summed E-state index contributed by atoms with van der Waals surface area (Å²) in [7, 11) is 0. The number of carbonyl (C=O) groups excluding carboxylic acids is 3. The van der Waals surface area contributed by atoms with Crippen molar-refractivity contribution in [2.75, 3.05) is 24.6 Å². The van der Waals surface area contributed by atoms with Crippen LogP contribution < -0.4 is 16.0 Å². The Balaban J connectivity index is 1.93. The number of furan rings is 1. The number of carbonyl (C=O) groups is 3. The van der Waals surface area contributed by atoms with Crippen molar-refractivity contribution in [1.82, 2.24) is 5.32 Å². The van der Waals surface area contributed by atoms with Gasteiger partial charge < -0.3 is 25.5 Å². The van der Waals surface area contributed by atoms with Crippen LogP contribution in [0.2, 0.25) is 0 Å². The third-order valence-electron chi connectivity index (χ3n) is 7.09. The van der Waals surface area contributed by atoms with Gasteiger partial charge in [0.25, 0.3) is 5.91 Å². The first-order chi connectivity index (χ1) is 19.2. The fourth-order valence-corrected chi connectivity index (χ4v) is 4.83. The Labute approximate surface area is 233 Å². The van der Waals surface area contributed by atoms with Crippen LogP contribution in [0, 0.1) is 6.92 Å². The standard InChI is InChI=1S/C32H35N3O5/c1-5-27(37)29-24-16-23(21-9-8-10-22(15-21)32(39)34-25(18-36)31(33)38)26(35(6-2)7-3)17-28(24)40-30(29)20-13-11-19(4)12-14-20/h8-17,25,36H,5-7,18H2,1-4H3,(H2,33,38)(H,34,39)/t25-/m0/s1. The number of rotatable bonds is 11. The molecule has 0 fully saturated rings. The van der Waals surface area contributed by atoms with Gasteiger partial charge in [-0.3, -0.25) is 14.4 Å². The van der Waals surface area contributed by atoms with Crippen LogP contribution in [0.3, 0.4) is 0 Å². The molecule has 3 aromatic carbocycles. The maximum Gasteiger partial charge on any atom is 0.252 e. The van der Waals surface area contributed by atoms with E-state index in [9.17, 15) is 19.5 Å². The highest BCUT2D eigenvalue weighted by atomic mass is 16.3. The molecule has 0 aliphatic carbocycles. The average Bonchev–Trinajstić information content (AvgIpc) is 3.34. The second kappa shape index (κ2) is 12.2. The number of nitrogens with zero attached hydrogens (tertiary/aromatic N) is 1. The number of aliphatic hydroxyl groups excluding tert-OH is 1. The molecular formula is C32H35N3O5. The molecular weight excluding hydrogens is 506 g/mol. The molecule has 0 unspecified atom stereocenters. The molecule has 1 heterocycles. The van der Waals surface area contributed by atoms with E-state index in [-0.39, 0.29) is 5.78 Å². The van der Waals surface area contributed by atoms with Gasteiger partial charge in [-0.25, -0.2) is 0 Å². The Bertz CT molecular complexity index is 1550. The Morgan fingerprint density at radius 2 is 1.68 bits per heavy atom. The molecule has 8 nitrogen and oxygen atoms in total. The van der Waals surface area contributed by atoms with E-state index in [0.29, 0.717) is 34.3 Å². The van der Waals surface area contributed by atoms with Crippen molar-refractivity contribution in [3.05, 3.63) is 77.4 Å². The summed E-state index contributed by atoms with van der Waals surface area (Å²) in [5.41, 5.74) is 11.2. The number of nitrogens with one attached hydrogen (secondary N) is 1. The minimum Gasteiger partial charge on any atom is -0.455 e. The second-order valence-electron chi connectivity index (χ2n) is 9.68. The highest BCUT2D eigenvalue weighted by molar-refractivity contribution is 6.13. The number of nitrogens with two attached hydrogens (primary N) is 1. The molecule has 0 saturated heterocycles. The van der Waals surface area contributed by atoms with E-state index in [0.717, 1.165) is 41.0 Å². The number of hydrogen-bond acceptors (Lipinski definition) is 6. The van der Waals surface area contributed by atoms with Gasteiger partial charge in [-0.2, -0.15) is 0 Å². The normalized spacial score (nSPS) is 11.8. The van der Waals surface area contributed by atoms with E-state index in [1.807, 2.05) is 56.3 Å². The number of fused-ring (bicyclic) bond motifs is 1. The molecule has 4 rings (SSSR count). The van der Waals surface area contributed by atoms with Crippen molar-refractivity contribution in [2.24, 2.45) is 5.73 Å². The Morgan fingerprint density at radius 1 is 0.975 bits per heavy atom. The summed E-state index contributed by atoms with van der Waals surface area (Å²) < 4.78 is 6.38.